The van der Waals surface area contributed by atoms with E-state index in [0.29, 0.717) is 0 Å². The Kier molecular flexibility index (Phi) is 2400. The summed E-state index contributed by atoms with van der Waals surface area (Å²) in [5, 5.41) is 0. The minimum Gasteiger partial charge on any atom is -2.00 e. The maximum absolute atomic E-state index is 0. The Labute approximate surface area is 68.9 Å². The second kappa shape index (κ2) is 94.2. The number of hydrogen-bond acceptors (Lipinski definition) is 0. The number of rotatable bonds is 0. The minimum atomic E-state index is 0. The van der Waals surface area contributed by atoms with Crippen molar-refractivity contribution in [3.8, 4) is 0 Å². The van der Waals surface area contributed by atoms with E-state index in [0.717, 1.165) is 0 Å². The quantitative estimate of drug-likeness (QED) is 0.562. The van der Waals surface area contributed by atoms with Gasteiger partial charge in [0.15, 0.2) is 0 Å². The molecule has 0 aliphatic rings. The van der Waals surface area contributed by atoms with Crippen LogP contribution < -0.4 is 0 Å². The van der Waals surface area contributed by atoms with Gasteiger partial charge in [-0.25, -0.2) is 0 Å². The topological polar surface area (TPSA) is 114 Å². The van der Waals surface area contributed by atoms with Crippen LogP contribution >= 0.6 is 0 Å². The average Bonchev–Trinajstić information content (AvgIpc) is 0. The Morgan fingerprint density at radius 1 is 0.500 bits per heavy atom. The zero-order chi connectivity index (χ0) is 0. The van der Waals surface area contributed by atoms with E-state index in [2.05, 4.69) is 0 Å². The van der Waals surface area contributed by atoms with Gasteiger partial charge in [-0.05, 0) is 0 Å². The molecule has 0 heterocycles. The maximum Gasteiger partial charge on any atom is 4.00 e. The van der Waals surface area contributed by atoms with Gasteiger partial charge in [-0.3, -0.25) is 0 Å². The monoisotopic (exact) mass is 349 g/mol. The molecule has 0 spiro atoms. The summed E-state index contributed by atoms with van der Waals surface area (Å²) in [5.41, 5.74) is 0. The van der Waals surface area contributed by atoms with E-state index < -0.39 is 0 Å². The molecule has 0 saturated heterocycles. The van der Waals surface area contributed by atoms with Crippen molar-refractivity contribution in [2.24, 2.45) is 0 Å². The van der Waals surface area contributed by atoms with E-state index in [1.54, 1.807) is 0 Å². The zero-order valence-corrected chi connectivity index (χ0v) is 7.18. The third-order valence-corrected chi connectivity index (χ3v) is 0. The van der Waals surface area contributed by atoms with Crippen molar-refractivity contribution >= 4 is 0 Å². The van der Waals surface area contributed by atoms with Gasteiger partial charge < -0.3 is 21.9 Å². The van der Waals surface area contributed by atoms with Gasteiger partial charge in [0, 0.05) is 0 Å². The normalized spacial score (nSPS) is 0. The van der Waals surface area contributed by atoms with Gasteiger partial charge in [-0.1, -0.05) is 0 Å². The van der Waals surface area contributed by atoms with Crippen LogP contribution in [0.25, 0.3) is 0 Å². The largest absolute Gasteiger partial charge is 4.00 e. The summed E-state index contributed by atoms with van der Waals surface area (Å²) in [7, 11) is 0. The average molecular weight is 350 g/mol. The molecule has 0 fully saturated rings. The molecule has 38 valence electrons. The van der Waals surface area contributed by atoms with E-state index in [-0.39, 0.29) is 69.2 Å². The summed E-state index contributed by atoms with van der Waals surface area (Å²) in [5.74, 6) is 0. The fourth-order valence-corrected chi connectivity index (χ4v) is 0. The molecule has 0 radical (unpaired) electrons. The molecule has 0 aromatic heterocycles. The Morgan fingerprint density at radius 2 is 0.500 bits per heavy atom. The van der Waals surface area contributed by atoms with Crippen molar-refractivity contribution in [1.82, 2.24) is 0 Å². The molecule has 0 aromatic rings. The van der Waals surface area contributed by atoms with Gasteiger partial charge in [0.25, 0.3) is 0 Å². The molecule has 0 saturated carbocycles. The molecule has 0 aromatic carbocycles. The van der Waals surface area contributed by atoms with E-state index in [1.807, 2.05) is 0 Å². The molecule has 0 N–H and O–H groups in total. The van der Waals surface area contributed by atoms with Crippen molar-refractivity contribution in [2.45, 2.75) is 0 Å². The molecule has 0 bridgehead atoms. The Hall–Kier alpha value is 1.41. The van der Waals surface area contributed by atoms with Crippen molar-refractivity contribution in [3.63, 3.8) is 0 Å². The van der Waals surface area contributed by atoms with Crippen molar-refractivity contribution < 1.29 is 69.2 Å². The second-order valence-electron chi connectivity index (χ2n) is 0. The summed E-state index contributed by atoms with van der Waals surface area (Å²) in [6.45, 7) is 0. The Balaban J connectivity index is 0. The first-order valence-corrected chi connectivity index (χ1v) is 0. The molecule has 6 heavy (non-hydrogen) atoms. The second-order valence-corrected chi connectivity index (χ2v) is 0. The predicted molar refractivity (Wildman–Crippen MR) is 2.75 cm³/mol. The summed E-state index contributed by atoms with van der Waals surface area (Å²) >= 11 is 0. The molecule has 6 heteroatoms. The Morgan fingerprint density at radius 3 is 0.500 bits per heavy atom. The summed E-state index contributed by atoms with van der Waals surface area (Å²) < 4.78 is 0. The summed E-state index contributed by atoms with van der Waals surface area (Å²) in [6.07, 6.45) is 0. The van der Waals surface area contributed by atoms with Crippen LogP contribution in [0.3, 0.4) is 0 Å². The standard InChI is InChI=1S/4O.Pt.Zr/q4*-2;2*+4. The minimum absolute atomic E-state index is 0. The van der Waals surface area contributed by atoms with E-state index in [9.17, 15) is 0 Å². The third-order valence-electron chi connectivity index (χ3n) is 0. The fraction of sp³-hybridized carbons (Fsp3) is 0. The van der Waals surface area contributed by atoms with Crippen LogP contribution in [-0.2, 0) is 69.2 Å². The SMILES string of the molecule is [O-2].[O-2].[O-2].[O-2].[Pt+4].[Zr+4]. The maximum atomic E-state index is 0. The first-order valence-electron chi connectivity index (χ1n) is 0. The molecule has 0 rings (SSSR count). The number of hydrogen-bond donors (Lipinski definition) is 0. The first-order chi connectivity index (χ1) is 0. The molecule has 0 atom stereocenters. The molecule has 0 aliphatic carbocycles. The van der Waals surface area contributed by atoms with Crippen molar-refractivity contribution in [1.29, 1.82) is 0 Å². The predicted octanol–water partition coefficient (Wildman–Crippen LogP) is -0.480. The van der Waals surface area contributed by atoms with Gasteiger partial charge in [-0.2, -0.15) is 0 Å². The van der Waals surface area contributed by atoms with Crippen LogP contribution in [-0.4, -0.2) is 0 Å². The Bertz CT molecular complexity index is 7.51. The molecule has 4 nitrogen and oxygen atoms in total. The molecular weight excluding hydrogens is 350 g/mol. The van der Waals surface area contributed by atoms with Crippen LogP contribution in [0.1, 0.15) is 0 Å². The first kappa shape index (κ1) is 153. The van der Waals surface area contributed by atoms with Crippen LogP contribution in [0.4, 0.5) is 0 Å². The molecule has 0 unspecified atom stereocenters. The van der Waals surface area contributed by atoms with Crippen LogP contribution in [0.2, 0.25) is 0 Å². The van der Waals surface area contributed by atoms with Crippen LogP contribution in [0.15, 0.2) is 0 Å². The summed E-state index contributed by atoms with van der Waals surface area (Å²) in [6, 6.07) is 0. The van der Waals surface area contributed by atoms with Gasteiger partial charge >= 0.3 is 47.3 Å². The van der Waals surface area contributed by atoms with E-state index in [1.165, 1.54) is 0 Å². The van der Waals surface area contributed by atoms with Gasteiger partial charge in [-0.15, -0.1) is 0 Å². The van der Waals surface area contributed by atoms with Gasteiger partial charge in [0.05, 0.1) is 0 Å². The van der Waals surface area contributed by atoms with Gasteiger partial charge in [0.2, 0.25) is 0 Å². The van der Waals surface area contributed by atoms with Crippen molar-refractivity contribution in [2.75, 3.05) is 0 Å². The summed E-state index contributed by atoms with van der Waals surface area (Å²) in [4.78, 5) is 0. The van der Waals surface area contributed by atoms with Crippen LogP contribution in [0, 0.1) is 0 Å². The zero-order valence-electron chi connectivity index (χ0n) is 2.45. The van der Waals surface area contributed by atoms with E-state index >= 15 is 0 Å². The molecular formula is O4PtZr. The van der Waals surface area contributed by atoms with Crippen molar-refractivity contribution in [3.05, 3.63) is 0 Å². The van der Waals surface area contributed by atoms with Gasteiger partial charge in [0.1, 0.15) is 0 Å². The smallest absolute Gasteiger partial charge is 2.00 e. The van der Waals surface area contributed by atoms with E-state index in [4.69, 9.17) is 0 Å². The third kappa shape index (κ3) is 52.9. The molecule has 0 amide bonds. The fourth-order valence-electron chi connectivity index (χ4n) is 0. The van der Waals surface area contributed by atoms with Crippen LogP contribution in [0.5, 0.6) is 0 Å². The molecule has 0 aliphatic heterocycles.